The van der Waals surface area contributed by atoms with Gasteiger partial charge in [-0.3, -0.25) is 9.59 Å². The summed E-state index contributed by atoms with van der Waals surface area (Å²) < 4.78 is 22.7. The fraction of sp³-hybridized carbons (Fsp3) is 0.689. The molecule has 0 heterocycles. The predicted octanol–water partition coefficient (Wildman–Crippen LogP) is 19.5. The second-order valence-electron chi connectivity index (χ2n) is 23.3. The molecule has 0 aromatic heterocycles. The Labute approximate surface area is 510 Å². The van der Waals surface area contributed by atoms with Crippen LogP contribution in [0.1, 0.15) is 271 Å². The zero-order valence-corrected chi connectivity index (χ0v) is 54.0. The maximum absolute atomic E-state index is 12.9. The van der Waals surface area contributed by atoms with Gasteiger partial charge >= 0.3 is 11.9 Å². The van der Waals surface area contributed by atoms with Gasteiger partial charge in [0.25, 0.3) is 0 Å². The van der Waals surface area contributed by atoms with Crippen LogP contribution in [-0.4, -0.2) is 82.3 Å². The molecule has 0 amide bonds. The van der Waals surface area contributed by atoms with E-state index >= 15 is 0 Å². The zero-order chi connectivity index (χ0) is 60.5. The summed E-state index contributed by atoms with van der Waals surface area (Å²) in [6.45, 7) is 4.51. The van der Waals surface area contributed by atoms with Crippen molar-refractivity contribution in [1.29, 1.82) is 0 Å². The molecule has 0 rings (SSSR count). The molecule has 0 saturated heterocycles. The average molecular weight is 1160 g/mol. The smallest absolute Gasteiger partial charge is 0.306 e. The first-order chi connectivity index (χ1) is 40.6. The summed E-state index contributed by atoms with van der Waals surface area (Å²) in [4.78, 5) is 37.4. The monoisotopic (exact) mass is 1160 g/mol. The van der Waals surface area contributed by atoms with Gasteiger partial charge in [0.1, 0.15) is 13.2 Å². The van der Waals surface area contributed by atoms with E-state index in [4.69, 9.17) is 18.9 Å². The van der Waals surface area contributed by atoms with Gasteiger partial charge in [0, 0.05) is 12.8 Å². The van der Waals surface area contributed by atoms with Crippen LogP contribution in [0.3, 0.4) is 0 Å². The quantitative estimate of drug-likeness (QED) is 0.0195. The lowest BCUT2D eigenvalue weighted by molar-refractivity contribution is -0.870. The van der Waals surface area contributed by atoms with Gasteiger partial charge in [-0.2, -0.15) is 0 Å². The lowest BCUT2D eigenvalue weighted by Gasteiger charge is -2.26. The Bertz CT molecular complexity index is 1780. The lowest BCUT2D eigenvalue weighted by atomic mass is 10.0. The molecule has 0 aromatic rings. The number of esters is 2. The summed E-state index contributed by atoms with van der Waals surface area (Å²) in [5, 5.41) is 11.8. The first-order valence-electron chi connectivity index (χ1n) is 33.7. The minimum atomic E-state index is -1.63. The fourth-order valence-corrected chi connectivity index (χ4v) is 9.12. The van der Waals surface area contributed by atoms with Crippen molar-refractivity contribution in [1.82, 2.24) is 0 Å². The molecule has 2 atom stereocenters. The molecule has 0 aromatic carbocycles. The summed E-state index contributed by atoms with van der Waals surface area (Å²) >= 11 is 0. The van der Waals surface area contributed by atoms with Gasteiger partial charge in [0.2, 0.25) is 0 Å². The molecular weight excluding hydrogens is 1030 g/mol. The van der Waals surface area contributed by atoms with Crippen LogP contribution >= 0.6 is 0 Å². The zero-order valence-electron chi connectivity index (χ0n) is 54.0. The number of carbonyl (C=O) groups excluding carboxylic acids is 3. The highest BCUT2D eigenvalue weighted by Gasteiger charge is 2.22. The molecule has 0 N–H and O–H groups in total. The summed E-state index contributed by atoms with van der Waals surface area (Å²) in [5.74, 6) is -2.30. The number of carboxylic acid groups (broad SMARTS) is 1. The van der Waals surface area contributed by atoms with Crippen molar-refractivity contribution >= 4 is 17.9 Å². The van der Waals surface area contributed by atoms with E-state index in [0.29, 0.717) is 17.4 Å². The number of carboxylic acids is 1. The first kappa shape index (κ1) is 78.7. The van der Waals surface area contributed by atoms with E-state index in [-0.39, 0.29) is 38.6 Å². The molecule has 0 radical (unpaired) electrons. The molecule has 0 aliphatic carbocycles. The van der Waals surface area contributed by atoms with Crippen molar-refractivity contribution < 1.29 is 42.9 Å². The number of nitrogens with zero attached hydrogens (tertiary/aromatic N) is 1. The Balaban J connectivity index is 4.06. The number of ether oxygens (including phenoxy) is 4. The van der Waals surface area contributed by atoms with Gasteiger partial charge in [-0.25, -0.2) is 0 Å². The average Bonchev–Trinajstić information content (AvgIpc) is 3.46. The Kier molecular flexibility index (Phi) is 60.4. The fourth-order valence-electron chi connectivity index (χ4n) is 9.12. The number of quaternary nitrogens is 1. The van der Waals surface area contributed by atoms with Crippen LogP contribution in [0.15, 0.2) is 122 Å². The minimum Gasteiger partial charge on any atom is -0.545 e. The van der Waals surface area contributed by atoms with Crippen molar-refractivity contribution in [2.45, 2.75) is 283 Å². The van der Waals surface area contributed by atoms with Crippen LogP contribution in [0.2, 0.25) is 0 Å². The van der Waals surface area contributed by atoms with Crippen LogP contribution in [0, 0.1) is 0 Å². The number of hydrogen-bond donors (Lipinski definition) is 0. The van der Waals surface area contributed by atoms with Crippen molar-refractivity contribution in [2.75, 3.05) is 47.5 Å². The number of likely N-dealkylation sites (N-methyl/N-ethyl adjacent to an activating group) is 1. The Hall–Kier alpha value is -4.31. The van der Waals surface area contributed by atoms with Gasteiger partial charge in [-0.15, -0.1) is 0 Å². The van der Waals surface area contributed by atoms with Gasteiger partial charge in [-0.1, -0.05) is 277 Å². The van der Waals surface area contributed by atoms with E-state index in [1.54, 1.807) is 0 Å². The van der Waals surface area contributed by atoms with Crippen molar-refractivity contribution in [2.24, 2.45) is 0 Å². The standard InChI is InChI=1S/C74H125NO8/c1-6-8-10-12-14-16-18-20-22-24-26-27-28-29-30-31-32-33-34-35-36-37-38-39-40-41-42-43-44-45-47-49-51-53-55-57-59-61-63-65-72(77)83-70(69-82-74(73(78)79)80-67-66-75(3,4)5)68-81-71(76)64-62-60-58-56-54-52-50-48-46-25-23-21-19-17-15-13-11-9-7-2/h8-11,14-17,20-23,26-27,29-30,32-33,46,48,70,74H,6-7,12-13,18-19,24-25,28,31,34-45,47,49-69H2,1-5H3/b10-8-,11-9-,16-14-,17-15-,22-20-,23-21-,27-26-,30-29-,33-32-,48-46-. The largest absolute Gasteiger partial charge is 0.545 e. The molecule has 0 fully saturated rings. The van der Waals surface area contributed by atoms with E-state index in [2.05, 4.69) is 135 Å². The van der Waals surface area contributed by atoms with Gasteiger partial charge in [0.15, 0.2) is 12.4 Å². The van der Waals surface area contributed by atoms with E-state index in [9.17, 15) is 19.5 Å². The molecule has 9 nitrogen and oxygen atoms in total. The summed E-state index contributed by atoms with van der Waals surface area (Å²) in [6, 6.07) is 0. The number of aliphatic carboxylic acids is 1. The Morgan fingerprint density at radius 3 is 0.964 bits per heavy atom. The molecule has 474 valence electrons. The van der Waals surface area contributed by atoms with Crippen molar-refractivity contribution in [3.05, 3.63) is 122 Å². The number of unbranched alkanes of at least 4 members (excludes halogenated alkanes) is 26. The Morgan fingerprint density at radius 2 is 0.651 bits per heavy atom. The van der Waals surface area contributed by atoms with E-state index in [0.717, 1.165) is 128 Å². The van der Waals surface area contributed by atoms with Gasteiger partial charge in [-0.05, 0) is 103 Å². The lowest BCUT2D eigenvalue weighted by Crippen LogP contribution is -2.44. The van der Waals surface area contributed by atoms with Crippen LogP contribution in [0.25, 0.3) is 0 Å². The first-order valence-corrected chi connectivity index (χ1v) is 33.7. The summed E-state index contributed by atoms with van der Waals surface area (Å²) in [7, 11) is 5.92. The molecule has 2 unspecified atom stereocenters. The third-order valence-electron chi connectivity index (χ3n) is 14.2. The SMILES string of the molecule is CC/C=C\C/C=C\C/C=C\C/C=C\C/C=C\C/C=C\CCCCCCCCCCCCCCCCCCCCCCC(=O)OC(COC(=O)CCCCCCCC/C=C\C/C=C\C/C=C\C/C=C\CC)COC(OCC[N+](C)(C)C)C(=O)[O-]. The van der Waals surface area contributed by atoms with Crippen molar-refractivity contribution in [3.8, 4) is 0 Å². The second kappa shape index (κ2) is 63.7. The third-order valence-corrected chi connectivity index (χ3v) is 14.2. The number of carbonyl (C=O) groups is 3. The van der Waals surface area contributed by atoms with Crippen LogP contribution in [0.5, 0.6) is 0 Å². The number of allylic oxidation sites excluding steroid dienone is 20. The summed E-state index contributed by atoms with van der Waals surface area (Å²) in [5.41, 5.74) is 0. The minimum absolute atomic E-state index is 0.141. The molecule has 0 aliphatic heterocycles. The van der Waals surface area contributed by atoms with Crippen LogP contribution in [-0.2, 0) is 33.3 Å². The topological polar surface area (TPSA) is 111 Å². The normalized spacial score (nSPS) is 13.5. The highest BCUT2D eigenvalue weighted by Crippen LogP contribution is 2.17. The van der Waals surface area contributed by atoms with E-state index in [1.807, 2.05) is 21.1 Å². The molecular formula is C74H125NO8. The molecule has 0 bridgehead atoms. The maximum atomic E-state index is 12.9. The molecule has 0 spiro atoms. The molecule has 9 heteroatoms. The predicted molar refractivity (Wildman–Crippen MR) is 352 cm³/mol. The molecule has 0 saturated carbocycles. The molecule has 0 aliphatic rings. The Morgan fingerprint density at radius 1 is 0.361 bits per heavy atom. The maximum Gasteiger partial charge on any atom is 0.306 e. The molecule has 83 heavy (non-hydrogen) atoms. The van der Waals surface area contributed by atoms with Crippen molar-refractivity contribution in [3.63, 3.8) is 0 Å². The highest BCUT2D eigenvalue weighted by molar-refractivity contribution is 5.70. The van der Waals surface area contributed by atoms with Gasteiger partial charge in [0.05, 0.1) is 40.3 Å². The number of hydrogen-bond acceptors (Lipinski definition) is 8. The highest BCUT2D eigenvalue weighted by atomic mass is 16.7. The van der Waals surface area contributed by atoms with Crippen LogP contribution < -0.4 is 5.11 Å². The van der Waals surface area contributed by atoms with Crippen LogP contribution in [0.4, 0.5) is 0 Å². The van der Waals surface area contributed by atoms with E-state index in [1.165, 1.54) is 109 Å². The van der Waals surface area contributed by atoms with Gasteiger partial charge < -0.3 is 33.3 Å². The van der Waals surface area contributed by atoms with E-state index < -0.39 is 24.3 Å². The second-order valence-corrected chi connectivity index (χ2v) is 23.3. The summed E-state index contributed by atoms with van der Waals surface area (Å²) in [6.07, 6.45) is 87.1. The number of rotatable bonds is 61. The third kappa shape index (κ3) is 65.1.